The number of ketones is 1. The van der Waals surface area contributed by atoms with Crippen molar-refractivity contribution in [3.63, 3.8) is 0 Å². The third kappa shape index (κ3) is 4.65. The SMILES string of the molecule is CC[C@@H](NC(=O)c1cc(C(=O)C[C@H](C)c2ccc(F)cc2)c2n1CCS2)c1ccccc1. The number of hydrogen-bond acceptors (Lipinski definition) is 3. The molecule has 2 atom stereocenters. The lowest BCUT2D eigenvalue weighted by molar-refractivity contribution is 0.0925. The average Bonchev–Trinajstić information content (AvgIpc) is 3.41. The molecule has 166 valence electrons. The van der Waals surface area contributed by atoms with E-state index in [1.54, 1.807) is 30.0 Å². The second kappa shape index (κ2) is 9.74. The number of fused-ring (bicyclic) bond motifs is 1. The van der Waals surface area contributed by atoms with Crippen LogP contribution in [0.1, 0.15) is 70.6 Å². The first-order chi connectivity index (χ1) is 15.5. The van der Waals surface area contributed by atoms with Crippen LogP contribution in [0.15, 0.2) is 65.7 Å². The zero-order chi connectivity index (χ0) is 22.7. The fraction of sp³-hybridized carbons (Fsp3) is 0.308. The van der Waals surface area contributed by atoms with Gasteiger partial charge in [-0.2, -0.15) is 0 Å². The summed E-state index contributed by atoms with van der Waals surface area (Å²) in [5, 5.41) is 4.01. The normalized spacial score (nSPS) is 14.6. The Morgan fingerprint density at radius 1 is 1.09 bits per heavy atom. The number of benzene rings is 2. The third-order valence-corrected chi connectivity index (χ3v) is 7.08. The van der Waals surface area contributed by atoms with E-state index >= 15 is 0 Å². The molecule has 0 fully saturated rings. The highest BCUT2D eigenvalue weighted by Gasteiger charge is 2.29. The van der Waals surface area contributed by atoms with Crippen LogP contribution in [0, 0.1) is 5.82 Å². The van der Waals surface area contributed by atoms with E-state index in [4.69, 9.17) is 0 Å². The van der Waals surface area contributed by atoms with Gasteiger partial charge < -0.3 is 9.88 Å². The Balaban J connectivity index is 1.53. The molecule has 0 spiro atoms. The number of aromatic nitrogens is 1. The van der Waals surface area contributed by atoms with E-state index in [1.165, 1.54) is 12.1 Å². The fourth-order valence-electron chi connectivity index (χ4n) is 4.17. The fourth-order valence-corrected chi connectivity index (χ4v) is 5.31. The maximum atomic E-state index is 13.2. The van der Waals surface area contributed by atoms with Gasteiger partial charge in [0.15, 0.2) is 5.78 Å². The zero-order valence-electron chi connectivity index (χ0n) is 18.3. The molecule has 0 bridgehead atoms. The number of nitrogens with zero attached hydrogens (tertiary/aromatic N) is 1. The Morgan fingerprint density at radius 3 is 2.50 bits per heavy atom. The smallest absolute Gasteiger partial charge is 0.268 e. The third-order valence-electron chi connectivity index (χ3n) is 5.98. The molecular weight excluding hydrogens is 423 g/mol. The number of amides is 1. The number of nitrogens with one attached hydrogen (secondary N) is 1. The Morgan fingerprint density at radius 2 is 1.81 bits per heavy atom. The first kappa shape index (κ1) is 22.3. The zero-order valence-corrected chi connectivity index (χ0v) is 19.1. The number of thioether (sulfide) groups is 1. The molecule has 1 aromatic heterocycles. The molecule has 6 heteroatoms. The van der Waals surface area contributed by atoms with Gasteiger partial charge in [-0.05, 0) is 41.7 Å². The molecule has 3 aromatic rings. The van der Waals surface area contributed by atoms with E-state index in [-0.39, 0.29) is 29.5 Å². The first-order valence-electron chi connectivity index (χ1n) is 11.0. The van der Waals surface area contributed by atoms with Crippen LogP contribution in [0.25, 0.3) is 0 Å². The lowest BCUT2D eigenvalue weighted by atomic mass is 9.94. The molecule has 0 unspecified atom stereocenters. The Labute approximate surface area is 192 Å². The number of rotatable bonds is 8. The number of carbonyl (C=O) groups excluding carboxylic acids is 2. The van der Waals surface area contributed by atoms with Crippen molar-refractivity contribution in [1.29, 1.82) is 0 Å². The lowest BCUT2D eigenvalue weighted by Crippen LogP contribution is -2.29. The molecule has 1 amide bonds. The molecule has 2 aromatic carbocycles. The predicted molar refractivity (Wildman–Crippen MR) is 126 cm³/mol. The van der Waals surface area contributed by atoms with Crippen LogP contribution in [0.5, 0.6) is 0 Å². The predicted octanol–water partition coefficient (Wildman–Crippen LogP) is 5.99. The van der Waals surface area contributed by atoms with Crippen LogP contribution in [-0.2, 0) is 6.54 Å². The van der Waals surface area contributed by atoms with Crippen molar-refractivity contribution in [2.75, 3.05) is 5.75 Å². The van der Waals surface area contributed by atoms with E-state index < -0.39 is 0 Å². The van der Waals surface area contributed by atoms with Gasteiger partial charge in [0.1, 0.15) is 11.5 Å². The summed E-state index contributed by atoms with van der Waals surface area (Å²) in [6, 6.07) is 17.9. The second-order valence-corrected chi connectivity index (χ2v) is 9.26. The minimum absolute atomic E-state index is 0.00845. The van der Waals surface area contributed by atoms with Crippen molar-refractivity contribution < 1.29 is 14.0 Å². The minimum atomic E-state index is -0.287. The highest BCUT2D eigenvalue weighted by Crippen LogP contribution is 2.35. The van der Waals surface area contributed by atoms with E-state index in [0.29, 0.717) is 24.2 Å². The largest absolute Gasteiger partial charge is 0.344 e. The van der Waals surface area contributed by atoms with Crippen LogP contribution < -0.4 is 5.32 Å². The molecule has 4 nitrogen and oxygen atoms in total. The van der Waals surface area contributed by atoms with Gasteiger partial charge in [0.05, 0.1) is 16.6 Å². The van der Waals surface area contributed by atoms with Gasteiger partial charge in [0.25, 0.3) is 5.91 Å². The molecule has 1 aliphatic heterocycles. The van der Waals surface area contributed by atoms with Crippen molar-refractivity contribution in [3.8, 4) is 0 Å². The van der Waals surface area contributed by atoms with Crippen molar-refractivity contribution in [1.82, 2.24) is 9.88 Å². The topological polar surface area (TPSA) is 51.1 Å². The van der Waals surface area contributed by atoms with Crippen LogP contribution in [0.3, 0.4) is 0 Å². The summed E-state index contributed by atoms with van der Waals surface area (Å²) in [7, 11) is 0. The van der Waals surface area contributed by atoms with Crippen molar-refractivity contribution in [2.45, 2.75) is 50.2 Å². The van der Waals surface area contributed by atoms with Crippen LogP contribution in [0.4, 0.5) is 4.39 Å². The van der Waals surface area contributed by atoms with E-state index in [2.05, 4.69) is 5.32 Å². The van der Waals surface area contributed by atoms with Crippen molar-refractivity contribution in [3.05, 3.63) is 88.9 Å². The lowest BCUT2D eigenvalue weighted by Gasteiger charge is -2.17. The number of halogens is 1. The summed E-state index contributed by atoms with van der Waals surface area (Å²) in [5.74, 6) is 0.375. The summed E-state index contributed by atoms with van der Waals surface area (Å²) >= 11 is 1.62. The molecule has 2 heterocycles. The van der Waals surface area contributed by atoms with Gasteiger partial charge in [-0.1, -0.05) is 56.3 Å². The van der Waals surface area contributed by atoms with Gasteiger partial charge >= 0.3 is 0 Å². The summed E-state index contributed by atoms with van der Waals surface area (Å²) in [5.41, 5.74) is 3.14. The standard InChI is InChI=1S/C26H27FN2O2S/c1-3-22(19-7-5-4-6-8-19)28-25(31)23-16-21(26-29(23)13-14-32-26)24(30)15-17(2)18-9-11-20(27)12-10-18/h4-12,16-17,22H,3,13-15H2,1-2H3,(H,28,31)/t17-,22+/m0/s1. The highest BCUT2D eigenvalue weighted by molar-refractivity contribution is 7.99. The van der Waals surface area contributed by atoms with Crippen LogP contribution in [0.2, 0.25) is 0 Å². The van der Waals surface area contributed by atoms with E-state index in [0.717, 1.165) is 28.3 Å². The second-order valence-electron chi connectivity index (χ2n) is 8.17. The van der Waals surface area contributed by atoms with Gasteiger partial charge in [-0.25, -0.2) is 4.39 Å². The maximum absolute atomic E-state index is 13.2. The van der Waals surface area contributed by atoms with Gasteiger partial charge in [-0.15, -0.1) is 11.8 Å². The number of hydrogen-bond donors (Lipinski definition) is 1. The summed E-state index contributed by atoms with van der Waals surface area (Å²) in [6.45, 7) is 4.72. The van der Waals surface area contributed by atoms with Crippen LogP contribution in [-0.4, -0.2) is 22.0 Å². The number of Topliss-reactive ketones (excluding diaryl/α,β-unsaturated/α-hetero) is 1. The minimum Gasteiger partial charge on any atom is -0.344 e. The Kier molecular flexibility index (Phi) is 6.80. The van der Waals surface area contributed by atoms with E-state index in [9.17, 15) is 14.0 Å². The van der Waals surface area contributed by atoms with Gasteiger partial charge in [0, 0.05) is 18.7 Å². The van der Waals surface area contributed by atoms with Gasteiger partial charge in [-0.3, -0.25) is 9.59 Å². The molecule has 0 aliphatic carbocycles. The first-order valence-corrected chi connectivity index (χ1v) is 12.0. The molecule has 1 aliphatic rings. The molecule has 0 saturated heterocycles. The van der Waals surface area contributed by atoms with Crippen LogP contribution >= 0.6 is 11.8 Å². The van der Waals surface area contributed by atoms with Gasteiger partial charge in [0.2, 0.25) is 0 Å². The Hall–Kier alpha value is -2.86. The summed E-state index contributed by atoms with van der Waals surface area (Å²) in [4.78, 5) is 26.3. The molecule has 4 rings (SSSR count). The molecular formula is C26H27FN2O2S. The Bertz CT molecular complexity index is 1110. The monoisotopic (exact) mass is 450 g/mol. The maximum Gasteiger partial charge on any atom is 0.268 e. The number of carbonyl (C=O) groups is 2. The quantitative estimate of drug-likeness (QED) is 0.429. The molecule has 0 saturated carbocycles. The molecule has 1 N–H and O–H groups in total. The van der Waals surface area contributed by atoms with Crippen molar-refractivity contribution >= 4 is 23.5 Å². The molecule has 0 radical (unpaired) electrons. The highest BCUT2D eigenvalue weighted by atomic mass is 32.2. The summed E-state index contributed by atoms with van der Waals surface area (Å²) < 4.78 is 15.2. The van der Waals surface area contributed by atoms with Crippen molar-refractivity contribution in [2.24, 2.45) is 0 Å². The average molecular weight is 451 g/mol. The summed E-state index contributed by atoms with van der Waals surface area (Å²) in [6.07, 6.45) is 1.09. The molecule has 32 heavy (non-hydrogen) atoms. The van der Waals surface area contributed by atoms with E-state index in [1.807, 2.05) is 48.7 Å².